The summed E-state index contributed by atoms with van der Waals surface area (Å²) in [6.07, 6.45) is -0.231. The molecule has 0 aromatic carbocycles. The van der Waals surface area contributed by atoms with E-state index in [2.05, 4.69) is 4.74 Å². The van der Waals surface area contributed by atoms with Crippen LogP contribution in [-0.2, 0) is 25.1 Å². The number of methoxy groups -OCH3 is 1. The lowest BCUT2D eigenvalue weighted by molar-refractivity contribution is -0.140. The normalized spacial score (nSPS) is 11.2. The summed E-state index contributed by atoms with van der Waals surface area (Å²) < 4.78 is 27.7. The third-order valence-corrected chi connectivity index (χ3v) is 4.68. The quantitative estimate of drug-likeness (QED) is 0.783. The molecule has 1 aromatic heterocycles. The molecule has 0 amide bonds. The van der Waals surface area contributed by atoms with Crippen LogP contribution in [0.3, 0.4) is 0 Å². The molecular weight excluding hydrogens is 280 g/mol. The maximum absolute atomic E-state index is 11.7. The van der Waals surface area contributed by atoms with E-state index in [9.17, 15) is 18.0 Å². The predicted molar refractivity (Wildman–Crippen MR) is 65.4 cm³/mol. The van der Waals surface area contributed by atoms with Gasteiger partial charge >= 0.3 is 11.9 Å². The van der Waals surface area contributed by atoms with E-state index in [0.717, 1.165) is 11.3 Å². The lowest BCUT2D eigenvalue weighted by Gasteiger charge is -2.03. The van der Waals surface area contributed by atoms with Crippen LogP contribution in [0.15, 0.2) is 11.4 Å². The molecule has 0 unspecified atom stereocenters. The molecule has 18 heavy (non-hydrogen) atoms. The SMILES string of the molecule is COC(=O)CCS(=O)(=O)Cc1ccsc1C(=O)O. The molecule has 0 radical (unpaired) electrons. The minimum atomic E-state index is -3.52. The topological polar surface area (TPSA) is 97.7 Å². The van der Waals surface area contributed by atoms with Gasteiger partial charge in [-0.05, 0) is 17.0 Å². The second-order valence-electron chi connectivity index (χ2n) is 3.50. The van der Waals surface area contributed by atoms with Crippen LogP contribution in [0.5, 0.6) is 0 Å². The zero-order valence-electron chi connectivity index (χ0n) is 9.58. The fourth-order valence-corrected chi connectivity index (χ4v) is 3.48. The molecule has 0 saturated heterocycles. The van der Waals surface area contributed by atoms with Gasteiger partial charge < -0.3 is 9.84 Å². The number of ether oxygens (including phenoxy) is 1. The fraction of sp³-hybridized carbons (Fsp3) is 0.400. The van der Waals surface area contributed by atoms with Gasteiger partial charge in [-0.15, -0.1) is 11.3 Å². The Hall–Kier alpha value is -1.41. The third-order valence-electron chi connectivity index (χ3n) is 2.16. The average Bonchev–Trinajstić information content (AvgIpc) is 2.73. The molecule has 1 aromatic rings. The van der Waals surface area contributed by atoms with Crippen molar-refractivity contribution in [2.75, 3.05) is 12.9 Å². The minimum Gasteiger partial charge on any atom is -0.477 e. The van der Waals surface area contributed by atoms with E-state index in [4.69, 9.17) is 5.11 Å². The van der Waals surface area contributed by atoms with E-state index < -0.39 is 21.8 Å². The van der Waals surface area contributed by atoms with Gasteiger partial charge in [0.2, 0.25) is 0 Å². The number of carboxylic acids is 1. The van der Waals surface area contributed by atoms with Gasteiger partial charge in [-0.1, -0.05) is 0 Å². The lowest BCUT2D eigenvalue weighted by atomic mass is 10.3. The lowest BCUT2D eigenvalue weighted by Crippen LogP contribution is -2.14. The molecule has 8 heteroatoms. The monoisotopic (exact) mass is 292 g/mol. The van der Waals surface area contributed by atoms with Crippen molar-refractivity contribution in [1.29, 1.82) is 0 Å². The number of carbonyl (C=O) groups is 2. The van der Waals surface area contributed by atoms with Crippen LogP contribution in [0.1, 0.15) is 21.7 Å². The number of sulfone groups is 1. The summed E-state index contributed by atoms with van der Waals surface area (Å²) >= 11 is 0.972. The highest BCUT2D eigenvalue weighted by Crippen LogP contribution is 2.19. The molecule has 0 aliphatic rings. The van der Waals surface area contributed by atoms with Gasteiger partial charge in [-0.25, -0.2) is 13.2 Å². The Bertz CT molecular complexity index is 542. The molecule has 0 fully saturated rings. The number of carbonyl (C=O) groups excluding carboxylic acids is 1. The van der Waals surface area contributed by atoms with E-state index >= 15 is 0 Å². The van der Waals surface area contributed by atoms with E-state index in [-0.39, 0.29) is 28.4 Å². The Kier molecular flexibility index (Phi) is 4.85. The Balaban J connectivity index is 2.74. The first kappa shape index (κ1) is 14.7. The number of esters is 1. The van der Waals surface area contributed by atoms with Crippen LogP contribution in [0.25, 0.3) is 0 Å². The summed E-state index contributed by atoms with van der Waals surface area (Å²) in [5, 5.41) is 10.4. The molecule has 0 aliphatic carbocycles. The number of hydrogen-bond donors (Lipinski definition) is 1. The van der Waals surface area contributed by atoms with Gasteiger partial charge in [-0.3, -0.25) is 4.79 Å². The Morgan fingerprint density at radius 1 is 1.44 bits per heavy atom. The maximum Gasteiger partial charge on any atom is 0.346 e. The van der Waals surface area contributed by atoms with Gasteiger partial charge in [0.25, 0.3) is 0 Å². The number of aromatic carboxylic acids is 1. The number of hydrogen-bond acceptors (Lipinski definition) is 6. The van der Waals surface area contributed by atoms with E-state index in [1.54, 1.807) is 0 Å². The van der Waals surface area contributed by atoms with Crippen LogP contribution in [-0.4, -0.2) is 38.3 Å². The fourth-order valence-electron chi connectivity index (χ4n) is 1.29. The van der Waals surface area contributed by atoms with Crippen LogP contribution in [0.4, 0.5) is 0 Å². The standard InChI is InChI=1S/C10H12O6S2/c1-16-8(11)3-5-18(14,15)6-7-2-4-17-9(7)10(12)13/h2,4H,3,5-6H2,1H3,(H,12,13). The van der Waals surface area contributed by atoms with Crippen molar-refractivity contribution in [1.82, 2.24) is 0 Å². The molecule has 1 heterocycles. The first-order chi connectivity index (χ1) is 8.35. The smallest absolute Gasteiger partial charge is 0.346 e. The van der Waals surface area contributed by atoms with Crippen molar-refractivity contribution in [3.05, 3.63) is 21.9 Å². The van der Waals surface area contributed by atoms with Gasteiger partial charge in [0.15, 0.2) is 9.84 Å². The van der Waals surface area contributed by atoms with Gasteiger partial charge in [0, 0.05) is 0 Å². The van der Waals surface area contributed by atoms with Crippen molar-refractivity contribution >= 4 is 33.1 Å². The molecule has 0 atom stereocenters. The number of thiophene rings is 1. The van der Waals surface area contributed by atoms with Gasteiger partial charge in [-0.2, -0.15) is 0 Å². The number of rotatable bonds is 6. The summed E-state index contributed by atoms with van der Waals surface area (Å²) in [7, 11) is -2.35. The van der Waals surface area contributed by atoms with Gasteiger partial charge in [0.05, 0.1) is 25.0 Å². The molecule has 0 aliphatic heterocycles. The van der Waals surface area contributed by atoms with E-state index in [1.807, 2.05) is 0 Å². The number of carboxylic acid groups (broad SMARTS) is 1. The third kappa shape index (κ3) is 4.11. The van der Waals surface area contributed by atoms with Crippen molar-refractivity contribution in [2.24, 2.45) is 0 Å². The highest BCUT2D eigenvalue weighted by molar-refractivity contribution is 7.90. The summed E-state index contributed by atoms with van der Waals surface area (Å²) in [6.45, 7) is 0. The summed E-state index contributed by atoms with van der Waals surface area (Å²) in [6, 6.07) is 1.46. The van der Waals surface area contributed by atoms with E-state index in [1.165, 1.54) is 18.6 Å². The summed E-state index contributed by atoms with van der Waals surface area (Å²) in [5.41, 5.74) is 0.248. The summed E-state index contributed by atoms with van der Waals surface area (Å²) in [5.74, 6) is -2.49. The molecular formula is C10H12O6S2. The highest BCUT2D eigenvalue weighted by Gasteiger charge is 2.20. The molecule has 6 nitrogen and oxygen atoms in total. The first-order valence-corrected chi connectivity index (χ1v) is 7.62. The molecule has 100 valence electrons. The van der Waals surface area contributed by atoms with Crippen LogP contribution in [0, 0.1) is 0 Å². The zero-order valence-corrected chi connectivity index (χ0v) is 11.2. The van der Waals surface area contributed by atoms with Crippen LogP contribution < -0.4 is 0 Å². The van der Waals surface area contributed by atoms with Crippen molar-refractivity contribution < 1.29 is 27.9 Å². The average molecular weight is 292 g/mol. The second kappa shape index (κ2) is 5.96. The Morgan fingerprint density at radius 2 is 2.11 bits per heavy atom. The van der Waals surface area contributed by atoms with Crippen molar-refractivity contribution in [3.8, 4) is 0 Å². The molecule has 0 bridgehead atoms. The molecule has 1 N–H and O–H groups in total. The Morgan fingerprint density at radius 3 is 2.67 bits per heavy atom. The maximum atomic E-state index is 11.7. The van der Waals surface area contributed by atoms with Crippen LogP contribution in [0.2, 0.25) is 0 Å². The van der Waals surface area contributed by atoms with Gasteiger partial charge in [0.1, 0.15) is 4.88 Å². The Labute approximate surface area is 108 Å². The zero-order chi connectivity index (χ0) is 13.8. The van der Waals surface area contributed by atoms with Crippen molar-refractivity contribution in [2.45, 2.75) is 12.2 Å². The summed E-state index contributed by atoms with van der Waals surface area (Å²) in [4.78, 5) is 21.7. The van der Waals surface area contributed by atoms with Crippen molar-refractivity contribution in [3.63, 3.8) is 0 Å². The molecule has 0 saturated carbocycles. The largest absolute Gasteiger partial charge is 0.477 e. The highest BCUT2D eigenvalue weighted by atomic mass is 32.2. The predicted octanol–water partition coefficient (Wildman–Crippen LogP) is 0.924. The molecule has 1 rings (SSSR count). The van der Waals surface area contributed by atoms with E-state index in [0.29, 0.717) is 0 Å². The minimum absolute atomic E-state index is 0.0108. The van der Waals surface area contributed by atoms with Crippen LogP contribution >= 0.6 is 11.3 Å². The molecule has 0 spiro atoms. The second-order valence-corrected chi connectivity index (χ2v) is 6.60. The first-order valence-electron chi connectivity index (χ1n) is 4.92.